The molecule has 0 radical (unpaired) electrons. The molecule has 0 aromatic carbocycles. The van der Waals surface area contributed by atoms with Crippen molar-refractivity contribution in [3.63, 3.8) is 0 Å². The lowest BCUT2D eigenvalue weighted by molar-refractivity contribution is -0.120. The normalized spacial score (nSPS) is 14.9. The summed E-state index contributed by atoms with van der Waals surface area (Å²) in [6.07, 6.45) is 3.63. The van der Waals surface area contributed by atoms with E-state index in [1.54, 1.807) is 37.4 Å². The molecule has 0 saturated carbocycles. The maximum Gasteiger partial charge on any atom is 0.217 e. The van der Waals surface area contributed by atoms with Crippen molar-refractivity contribution < 1.29 is 25.8 Å². The van der Waals surface area contributed by atoms with E-state index in [1.165, 1.54) is 29.2 Å². The van der Waals surface area contributed by atoms with Gasteiger partial charge in [-0.1, -0.05) is 11.6 Å². The number of carbonyl (C=O) groups excluding carboxylic acids is 2. The first kappa shape index (κ1) is 25.4. The van der Waals surface area contributed by atoms with Gasteiger partial charge in [0.05, 0.1) is 25.9 Å². The number of thiazole rings is 1. The van der Waals surface area contributed by atoms with Gasteiger partial charge in [-0.25, -0.2) is 18.6 Å². The van der Waals surface area contributed by atoms with E-state index in [1.807, 2.05) is 13.8 Å². The van der Waals surface area contributed by atoms with E-state index in [0.29, 0.717) is 45.6 Å². The lowest BCUT2D eigenvalue weighted by Gasteiger charge is -2.31. The summed E-state index contributed by atoms with van der Waals surface area (Å²) in [5.41, 5.74) is 0.949. The maximum atomic E-state index is 14.3. The molecule has 1 amide bonds. The molecule has 3 aromatic rings. The fraction of sp³-hybridized carbons (Fsp3) is 0.259. The molecule has 1 aliphatic heterocycles. The predicted octanol–water partition coefficient (Wildman–Crippen LogP) is 5.66. The van der Waals surface area contributed by atoms with E-state index in [9.17, 15) is 18.4 Å². The molecule has 4 rings (SSSR count). The zero-order valence-corrected chi connectivity index (χ0v) is 23.1. The lowest BCUT2D eigenvalue weighted by Crippen LogP contribution is -2.39. The number of halogens is 3. The lowest BCUT2D eigenvalue weighted by atomic mass is 10.1. The summed E-state index contributed by atoms with van der Waals surface area (Å²) in [7, 11) is 0. The van der Waals surface area contributed by atoms with Gasteiger partial charge in [-0.3, -0.25) is 14.8 Å². The molecular formula is C27H24ClF2N5O3S. The number of carbonyl (C=O) groups is 1. The molecule has 0 aliphatic carbocycles. The molecule has 0 unspecified atom stereocenters. The van der Waals surface area contributed by atoms with E-state index in [-0.39, 0.29) is 22.4 Å². The first-order valence-corrected chi connectivity index (χ1v) is 12.8. The summed E-state index contributed by atoms with van der Waals surface area (Å²) in [6, 6.07) is 2.19. The number of aryl methyl sites for hydroxylation is 1. The van der Waals surface area contributed by atoms with Crippen molar-refractivity contribution in [1.29, 1.82) is 0 Å². The standard InChI is InChI=1S/C27H24ClF2N5O3S/c1-14-9-31-19(21-13-39-26(33-21)27(4,5)34-16(3)37)8-22(14)35-15(2)6-24(25(28)23(35)11-36)38-12-20-18(30)7-17(29)10-32-20/h6-10,13H,12H2,1-5H3,(H,34,37)/i12D2. The average molecular weight is 574 g/mol. The summed E-state index contributed by atoms with van der Waals surface area (Å²) in [6.45, 7) is 5.66. The largest absolute Gasteiger partial charge is 0.485 e. The summed E-state index contributed by atoms with van der Waals surface area (Å²) in [5, 5.41) is 5.04. The molecule has 8 nitrogen and oxygen atoms in total. The van der Waals surface area contributed by atoms with Crippen LogP contribution in [0.2, 0.25) is 0 Å². The number of aromatic nitrogens is 3. The highest BCUT2D eigenvalue weighted by molar-refractivity contribution is 7.10. The molecule has 0 saturated heterocycles. The van der Waals surface area contributed by atoms with Gasteiger partial charge in [0.1, 0.15) is 39.6 Å². The number of nitrogens with zero attached hydrogens (tertiary/aromatic N) is 4. The molecule has 12 heteroatoms. The number of anilines is 1. The Morgan fingerprint density at radius 3 is 2.67 bits per heavy atom. The second-order valence-electron chi connectivity index (χ2n) is 9.14. The predicted molar refractivity (Wildman–Crippen MR) is 144 cm³/mol. The summed E-state index contributed by atoms with van der Waals surface area (Å²) in [4.78, 5) is 37.9. The van der Waals surface area contributed by atoms with Crippen LogP contribution in [-0.4, -0.2) is 26.8 Å². The topological polar surface area (TPSA) is 97.3 Å². The van der Waals surface area contributed by atoms with Crippen molar-refractivity contribution in [2.24, 2.45) is 0 Å². The van der Waals surface area contributed by atoms with E-state index in [2.05, 4.69) is 20.3 Å². The van der Waals surface area contributed by atoms with E-state index in [4.69, 9.17) is 19.1 Å². The summed E-state index contributed by atoms with van der Waals surface area (Å²) < 4.78 is 49.3. The zero-order valence-electron chi connectivity index (χ0n) is 23.5. The number of ether oxygens (including phenoxy) is 1. The average Bonchev–Trinajstić information content (AvgIpc) is 3.37. The minimum atomic E-state index is -2.85. The Labute approximate surface area is 235 Å². The first-order chi connectivity index (χ1) is 19.1. The smallest absolute Gasteiger partial charge is 0.217 e. The third-order valence-corrected chi connectivity index (χ3v) is 7.14. The van der Waals surface area contributed by atoms with E-state index in [0.717, 1.165) is 0 Å². The Hall–Kier alpha value is -3.92. The second-order valence-corrected chi connectivity index (χ2v) is 10.4. The van der Waals surface area contributed by atoms with Crippen molar-refractivity contribution in [3.8, 4) is 11.4 Å². The van der Waals surface area contributed by atoms with Crippen LogP contribution in [0.25, 0.3) is 11.4 Å². The van der Waals surface area contributed by atoms with Crippen molar-refractivity contribution in [2.45, 2.75) is 46.7 Å². The van der Waals surface area contributed by atoms with Gasteiger partial charge < -0.3 is 15.0 Å². The quantitative estimate of drug-likeness (QED) is 0.364. The van der Waals surface area contributed by atoms with Gasteiger partial charge in [0.25, 0.3) is 0 Å². The van der Waals surface area contributed by atoms with Gasteiger partial charge in [0.2, 0.25) is 5.91 Å². The van der Waals surface area contributed by atoms with Gasteiger partial charge in [0, 0.05) is 36.3 Å². The number of amides is 1. The van der Waals surface area contributed by atoms with E-state index < -0.39 is 29.4 Å². The maximum absolute atomic E-state index is 14.3. The SMILES string of the molecule is [2H]C([2H])(OC1=C(Cl)C(=C=O)N(c2cc(-c3csc(C(C)(C)NC(C)=O)n3)ncc2C)C(C)=C1)c1ncc(F)cc1F. The van der Waals surface area contributed by atoms with Crippen LogP contribution in [-0.2, 0) is 26.4 Å². The second kappa shape index (κ2) is 11.1. The highest BCUT2D eigenvalue weighted by Gasteiger charge is 2.29. The molecule has 0 spiro atoms. The molecule has 39 heavy (non-hydrogen) atoms. The molecule has 4 heterocycles. The number of hydrogen-bond donors (Lipinski definition) is 1. The number of hydrogen-bond acceptors (Lipinski definition) is 8. The molecule has 0 atom stereocenters. The Kier molecular flexibility index (Phi) is 7.19. The highest BCUT2D eigenvalue weighted by Crippen LogP contribution is 2.39. The van der Waals surface area contributed by atoms with Gasteiger partial charge in [0.15, 0.2) is 17.5 Å². The summed E-state index contributed by atoms with van der Waals surface area (Å²) >= 11 is 7.85. The Balaban J connectivity index is 1.70. The molecule has 1 N–H and O–H groups in total. The molecular weight excluding hydrogens is 548 g/mol. The minimum Gasteiger partial charge on any atom is -0.485 e. The van der Waals surface area contributed by atoms with Gasteiger partial charge >= 0.3 is 0 Å². The molecule has 3 aromatic heterocycles. The molecule has 202 valence electrons. The molecule has 1 aliphatic rings. The third-order valence-electron chi connectivity index (χ3n) is 5.61. The highest BCUT2D eigenvalue weighted by atomic mass is 35.5. The third kappa shape index (κ3) is 5.90. The van der Waals surface area contributed by atoms with Crippen LogP contribution in [0.3, 0.4) is 0 Å². The van der Waals surface area contributed by atoms with Crippen molar-refractivity contribution in [2.75, 3.05) is 4.90 Å². The van der Waals surface area contributed by atoms with Crippen LogP contribution in [0.1, 0.15) is 46.7 Å². The zero-order chi connectivity index (χ0) is 30.3. The van der Waals surface area contributed by atoms with Crippen LogP contribution in [0.15, 0.2) is 58.2 Å². The van der Waals surface area contributed by atoms with E-state index >= 15 is 0 Å². The summed E-state index contributed by atoms with van der Waals surface area (Å²) in [5.74, 6) is -0.910. The Morgan fingerprint density at radius 2 is 2.00 bits per heavy atom. The van der Waals surface area contributed by atoms with Gasteiger partial charge in [-0.2, -0.15) is 0 Å². The number of nitrogens with one attached hydrogen (secondary N) is 1. The van der Waals surface area contributed by atoms with Crippen LogP contribution < -0.4 is 10.2 Å². The van der Waals surface area contributed by atoms with Crippen LogP contribution in [0.5, 0.6) is 0 Å². The Morgan fingerprint density at radius 1 is 1.26 bits per heavy atom. The molecule has 0 fully saturated rings. The van der Waals surface area contributed by atoms with Gasteiger partial charge in [-0.05, 0) is 39.3 Å². The monoisotopic (exact) mass is 573 g/mol. The van der Waals surface area contributed by atoms with Crippen LogP contribution >= 0.6 is 22.9 Å². The molecule has 0 bridgehead atoms. The van der Waals surface area contributed by atoms with Crippen molar-refractivity contribution >= 4 is 40.5 Å². The minimum absolute atomic E-state index is 0.184. The fourth-order valence-corrected chi connectivity index (χ4v) is 4.95. The number of allylic oxidation sites excluding steroid dienone is 3. The van der Waals surface area contributed by atoms with Crippen LogP contribution in [0.4, 0.5) is 14.5 Å². The number of rotatable bonds is 7. The van der Waals surface area contributed by atoms with Gasteiger partial charge in [-0.15, -0.1) is 11.3 Å². The number of pyridine rings is 2. The van der Waals surface area contributed by atoms with Crippen molar-refractivity contribution in [3.05, 3.63) is 86.1 Å². The van der Waals surface area contributed by atoms with Crippen LogP contribution in [0, 0.1) is 18.6 Å². The van der Waals surface area contributed by atoms with Crippen molar-refractivity contribution in [1.82, 2.24) is 20.3 Å². The fourth-order valence-electron chi connectivity index (χ4n) is 3.84. The first-order valence-electron chi connectivity index (χ1n) is 12.5. The Bertz CT molecular complexity index is 1670.